The number of hydrogen-bond acceptors (Lipinski definition) is 4. The summed E-state index contributed by atoms with van der Waals surface area (Å²) in [6.45, 7) is 0.470. The number of carbonyl (C=O) groups excluding carboxylic acids is 2. The predicted molar refractivity (Wildman–Crippen MR) is 86.5 cm³/mol. The van der Waals surface area contributed by atoms with E-state index in [0.717, 1.165) is 0 Å². The molecule has 0 aliphatic carbocycles. The SMILES string of the molecule is NC(=O)[C@H](CCCN=C(N)CS)NC(=O)c1ccccc1. The Labute approximate surface area is 129 Å². The average molecular weight is 308 g/mol. The first-order valence-corrected chi connectivity index (χ1v) is 7.22. The fourth-order valence-corrected chi connectivity index (χ4v) is 1.78. The Morgan fingerprint density at radius 1 is 1.24 bits per heavy atom. The Morgan fingerprint density at radius 2 is 1.90 bits per heavy atom. The Kier molecular flexibility index (Phi) is 7.31. The Morgan fingerprint density at radius 3 is 2.48 bits per heavy atom. The van der Waals surface area contributed by atoms with Gasteiger partial charge in [0.15, 0.2) is 0 Å². The Balaban J connectivity index is 2.51. The molecule has 0 aromatic heterocycles. The van der Waals surface area contributed by atoms with Crippen LogP contribution in [0.1, 0.15) is 23.2 Å². The van der Waals surface area contributed by atoms with Crippen molar-refractivity contribution in [3.8, 4) is 0 Å². The third-order valence-electron chi connectivity index (χ3n) is 2.81. The molecule has 5 N–H and O–H groups in total. The zero-order chi connectivity index (χ0) is 15.7. The van der Waals surface area contributed by atoms with Gasteiger partial charge in [0, 0.05) is 17.9 Å². The van der Waals surface area contributed by atoms with Crippen molar-refractivity contribution in [2.45, 2.75) is 18.9 Å². The minimum atomic E-state index is -0.717. The van der Waals surface area contributed by atoms with Crippen LogP contribution in [0.5, 0.6) is 0 Å². The van der Waals surface area contributed by atoms with E-state index in [4.69, 9.17) is 11.5 Å². The van der Waals surface area contributed by atoms with E-state index in [9.17, 15) is 9.59 Å². The van der Waals surface area contributed by atoms with Gasteiger partial charge in [0.25, 0.3) is 5.91 Å². The van der Waals surface area contributed by atoms with Gasteiger partial charge in [0.2, 0.25) is 5.91 Å². The van der Waals surface area contributed by atoms with E-state index < -0.39 is 11.9 Å². The van der Waals surface area contributed by atoms with E-state index in [1.54, 1.807) is 24.3 Å². The first-order chi connectivity index (χ1) is 10.0. The van der Waals surface area contributed by atoms with Crippen LogP contribution >= 0.6 is 12.6 Å². The molecule has 0 aliphatic rings. The number of aliphatic imine (C=N–C) groups is 1. The highest BCUT2D eigenvalue weighted by Gasteiger charge is 2.18. The monoisotopic (exact) mass is 308 g/mol. The van der Waals surface area contributed by atoms with Crippen LogP contribution < -0.4 is 16.8 Å². The highest BCUT2D eigenvalue weighted by atomic mass is 32.1. The van der Waals surface area contributed by atoms with E-state index in [1.165, 1.54) is 0 Å². The van der Waals surface area contributed by atoms with E-state index in [0.29, 0.717) is 36.5 Å². The van der Waals surface area contributed by atoms with Crippen molar-refractivity contribution in [1.82, 2.24) is 5.32 Å². The molecule has 114 valence electrons. The van der Waals surface area contributed by atoms with E-state index >= 15 is 0 Å². The zero-order valence-corrected chi connectivity index (χ0v) is 12.6. The predicted octanol–water partition coefficient (Wildman–Crippen LogP) is 0.338. The molecule has 1 aromatic rings. The van der Waals surface area contributed by atoms with Gasteiger partial charge in [-0.05, 0) is 25.0 Å². The average Bonchev–Trinajstić information content (AvgIpc) is 2.50. The van der Waals surface area contributed by atoms with Crippen LogP contribution in [0.3, 0.4) is 0 Å². The molecule has 21 heavy (non-hydrogen) atoms. The van der Waals surface area contributed by atoms with Gasteiger partial charge in [-0.25, -0.2) is 0 Å². The maximum Gasteiger partial charge on any atom is 0.251 e. The third-order valence-corrected chi connectivity index (χ3v) is 3.14. The van der Waals surface area contributed by atoms with Crippen LogP contribution in [-0.4, -0.2) is 36.0 Å². The van der Waals surface area contributed by atoms with E-state index in [-0.39, 0.29) is 5.91 Å². The number of benzene rings is 1. The van der Waals surface area contributed by atoms with Gasteiger partial charge in [0.05, 0.1) is 0 Å². The number of amidine groups is 1. The summed E-state index contributed by atoms with van der Waals surface area (Å²) < 4.78 is 0. The summed E-state index contributed by atoms with van der Waals surface area (Å²) in [7, 11) is 0. The number of nitrogens with two attached hydrogens (primary N) is 2. The number of nitrogens with one attached hydrogen (secondary N) is 1. The lowest BCUT2D eigenvalue weighted by molar-refractivity contribution is -0.120. The quantitative estimate of drug-likeness (QED) is 0.240. The van der Waals surface area contributed by atoms with Crippen molar-refractivity contribution >= 4 is 30.3 Å². The minimum Gasteiger partial charge on any atom is -0.387 e. The molecule has 0 saturated heterocycles. The molecule has 0 radical (unpaired) electrons. The number of rotatable bonds is 8. The second-order valence-corrected chi connectivity index (χ2v) is 4.78. The minimum absolute atomic E-state index is 0.322. The van der Waals surface area contributed by atoms with E-state index in [2.05, 4.69) is 22.9 Å². The molecular formula is C14H20N4O2S. The summed E-state index contributed by atoms with van der Waals surface area (Å²) in [6.07, 6.45) is 1.01. The third kappa shape index (κ3) is 6.31. The summed E-state index contributed by atoms with van der Waals surface area (Å²) >= 11 is 3.99. The number of primary amides is 1. The fourth-order valence-electron chi connectivity index (χ4n) is 1.68. The smallest absolute Gasteiger partial charge is 0.251 e. The first kappa shape index (κ1) is 17.0. The number of hydrogen-bond donors (Lipinski definition) is 4. The zero-order valence-electron chi connectivity index (χ0n) is 11.7. The number of nitrogens with zero attached hydrogens (tertiary/aromatic N) is 1. The highest BCUT2D eigenvalue weighted by Crippen LogP contribution is 2.02. The normalized spacial score (nSPS) is 12.7. The summed E-state index contributed by atoms with van der Waals surface area (Å²) in [5.74, 6) is -0.0465. The molecule has 1 atom stereocenters. The summed E-state index contributed by atoms with van der Waals surface area (Å²) in [5, 5.41) is 2.63. The van der Waals surface area contributed by atoms with Crippen LogP contribution in [-0.2, 0) is 4.79 Å². The highest BCUT2D eigenvalue weighted by molar-refractivity contribution is 7.81. The molecule has 2 amide bonds. The molecule has 0 spiro atoms. The van der Waals surface area contributed by atoms with Crippen molar-refractivity contribution in [1.29, 1.82) is 0 Å². The second-order valence-electron chi connectivity index (χ2n) is 4.47. The van der Waals surface area contributed by atoms with Gasteiger partial charge < -0.3 is 16.8 Å². The van der Waals surface area contributed by atoms with Crippen molar-refractivity contribution in [2.24, 2.45) is 16.5 Å². The summed E-state index contributed by atoms with van der Waals surface area (Å²) in [4.78, 5) is 27.4. The molecule has 0 aliphatic heterocycles. The molecule has 6 nitrogen and oxygen atoms in total. The van der Waals surface area contributed by atoms with Gasteiger partial charge >= 0.3 is 0 Å². The number of carbonyl (C=O) groups is 2. The topological polar surface area (TPSA) is 111 Å². The lowest BCUT2D eigenvalue weighted by Crippen LogP contribution is -2.44. The number of thiol groups is 1. The van der Waals surface area contributed by atoms with Crippen LogP contribution in [0.15, 0.2) is 35.3 Å². The lowest BCUT2D eigenvalue weighted by Gasteiger charge is -2.15. The van der Waals surface area contributed by atoms with E-state index in [1.807, 2.05) is 6.07 Å². The molecule has 0 unspecified atom stereocenters. The maximum absolute atomic E-state index is 12.0. The lowest BCUT2D eigenvalue weighted by atomic mass is 10.1. The van der Waals surface area contributed by atoms with Crippen LogP contribution in [0.4, 0.5) is 0 Å². The molecule has 1 rings (SSSR count). The van der Waals surface area contributed by atoms with Crippen LogP contribution in [0.25, 0.3) is 0 Å². The molecule has 0 bridgehead atoms. The van der Waals surface area contributed by atoms with Crippen LogP contribution in [0.2, 0.25) is 0 Å². The van der Waals surface area contributed by atoms with Crippen molar-refractivity contribution in [2.75, 3.05) is 12.3 Å². The Bertz CT molecular complexity index is 505. The molecular weight excluding hydrogens is 288 g/mol. The van der Waals surface area contributed by atoms with Crippen LogP contribution in [0, 0.1) is 0 Å². The van der Waals surface area contributed by atoms with Crippen molar-refractivity contribution < 1.29 is 9.59 Å². The first-order valence-electron chi connectivity index (χ1n) is 6.59. The molecule has 1 aromatic carbocycles. The van der Waals surface area contributed by atoms with Crippen molar-refractivity contribution in [3.63, 3.8) is 0 Å². The summed E-state index contributed by atoms with van der Waals surface area (Å²) in [6, 6.07) is 7.94. The fraction of sp³-hybridized carbons (Fsp3) is 0.357. The largest absolute Gasteiger partial charge is 0.387 e. The van der Waals surface area contributed by atoms with Gasteiger partial charge in [-0.15, -0.1) is 0 Å². The van der Waals surface area contributed by atoms with Gasteiger partial charge in [-0.1, -0.05) is 18.2 Å². The van der Waals surface area contributed by atoms with Crippen molar-refractivity contribution in [3.05, 3.63) is 35.9 Å². The van der Waals surface area contributed by atoms with Gasteiger partial charge in [0.1, 0.15) is 11.9 Å². The molecule has 0 saturated carbocycles. The van der Waals surface area contributed by atoms with Gasteiger partial charge in [-0.3, -0.25) is 14.6 Å². The molecule has 0 heterocycles. The second kappa shape index (κ2) is 9.02. The number of amides is 2. The standard InChI is InChI=1S/C14H20N4O2S/c15-12(9-21)17-8-4-7-11(13(16)19)18-14(20)10-5-2-1-3-6-10/h1-3,5-6,11,21H,4,7-9H2,(H2,15,17)(H2,16,19)(H,18,20)/t11-/m0/s1. The molecule has 0 fully saturated rings. The Hall–Kier alpha value is -2.02. The summed E-state index contributed by atoms with van der Waals surface area (Å²) in [5.41, 5.74) is 11.3. The van der Waals surface area contributed by atoms with Gasteiger partial charge in [-0.2, -0.15) is 12.6 Å². The maximum atomic E-state index is 12.0. The molecule has 7 heteroatoms.